The number of carbonyl (C=O) groups excluding carboxylic acids is 1. The van der Waals surface area contributed by atoms with E-state index in [0.717, 1.165) is 11.3 Å². The van der Waals surface area contributed by atoms with Crippen LogP contribution in [-0.2, 0) is 14.8 Å². The first-order valence-electron chi connectivity index (χ1n) is 10.0. The van der Waals surface area contributed by atoms with E-state index < -0.39 is 10.0 Å². The van der Waals surface area contributed by atoms with Gasteiger partial charge in [-0.25, -0.2) is 13.0 Å². The number of rotatable bonds is 5. The summed E-state index contributed by atoms with van der Waals surface area (Å²) in [6.45, 7) is 5.09. The molecule has 8 nitrogen and oxygen atoms in total. The number of aromatic nitrogens is 2. The highest BCUT2D eigenvalue weighted by molar-refractivity contribution is 7.89. The van der Waals surface area contributed by atoms with Crippen LogP contribution in [0.4, 0.5) is 5.69 Å². The standard InChI is InChI=1S/C21H24N4O4S/c1-3-25(17-7-4-6-15(2)14-17)21(26)16-10-12-24(13-11-16)30(27,28)19-9-5-8-18-20(19)23-29-22-18/h4-9,14,16H,3,10-13H2,1-2H3. The van der Waals surface area contributed by atoms with Crippen molar-refractivity contribution in [3.63, 3.8) is 0 Å². The highest BCUT2D eigenvalue weighted by Gasteiger charge is 2.35. The predicted molar refractivity (Wildman–Crippen MR) is 112 cm³/mol. The second-order valence-electron chi connectivity index (χ2n) is 7.49. The van der Waals surface area contributed by atoms with Crippen LogP contribution in [0.25, 0.3) is 11.0 Å². The second kappa shape index (κ2) is 8.16. The Bertz CT molecular complexity index is 1170. The summed E-state index contributed by atoms with van der Waals surface area (Å²) < 4.78 is 32.4. The van der Waals surface area contributed by atoms with E-state index in [-0.39, 0.29) is 35.3 Å². The molecular weight excluding hydrogens is 404 g/mol. The lowest BCUT2D eigenvalue weighted by Crippen LogP contribution is -2.44. The Labute approximate surface area is 175 Å². The highest BCUT2D eigenvalue weighted by atomic mass is 32.2. The average Bonchev–Trinajstić information content (AvgIpc) is 3.23. The summed E-state index contributed by atoms with van der Waals surface area (Å²) in [5, 5.41) is 7.46. The molecule has 1 aliphatic heterocycles. The maximum atomic E-state index is 13.1. The molecule has 0 radical (unpaired) electrons. The number of hydrogen-bond donors (Lipinski definition) is 0. The van der Waals surface area contributed by atoms with Crippen LogP contribution in [-0.4, -0.2) is 48.6 Å². The van der Waals surface area contributed by atoms with Crippen molar-refractivity contribution in [1.82, 2.24) is 14.6 Å². The van der Waals surface area contributed by atoms with E-state index in [4.69, 9.17) is 4.63 Å². The topological polar surface area (TPSA) is 96.6 Å². The van der Waals surface area contributed by atoms with Gasteiger partial charge in [-0.2, -0.15) is 4.31 Å². The van der Waals surface area contributed by atoms with E-state index in [1.165, 1.54) is 10.4 Å². The van der Waals surface area contributed by atoms with Crippen LogP contribution in [0.5, 0.6) is 0 Å². The molecule has 3 aromatic rings. The van der Waals surface area contributed by atoms with E-state index in [1.54, 1.807) is 17.0 Å². The molecule has 158 valence electrons. The summed E-state index contributed by atoms with van der Waals surface area (Å²) in [5.41, 5.74) is 2.60. The minimum atomic E-state index is -3.75. The zero-order chi connectivity index (χ0) is 21.3. The fourth-order valence-electron chi connectivity index (χ4n) is 3.95. The van der Waals surface area contributed by atoms with Gasteiger partial charge >= 0.3 is 0 Å². The largest absolute Gasteiger partial charge is 0.312 e. The van der Waals surface area contributed by atoms with Gasteiger partial charge < -0.3 is 4.90 Å². The average molecular weight is 429 g/mol. The number of amides is 1. The number of piperidine rings is 1. The maximum absolute atomic E-state index is 13.1. The van der Waals surface area contributed by atoms with Gasteiger partial charge in [-0.15, -0.1) is 0 Å². The Morgan fingerprint density at radius 1 is 1.17 bits per heavy atom. The molecule has 1 amide bonds. The van der Waals surface area contributed by atoms with E-state index in [1.807, 2.05) is 38.1 Å². The van der Waals surface area contributed by atoms with Crippen molar-refractivity contribution in [2.45, 2.75) is 31.6 Å². The molecule has 30 heavy (non-hydrogen) atoms. The highest BCUT2D eigenvalue weighted by Crippen LogP contribution is 2.29. The quantitative estimate of drug-likeness (QED) is 0.620. The van der Waals surface area contributed by atoms with Crippen LogP contribution in [0, 0.1) is 12.8 Å². The van der Waals surface area contributed by atoms with Crippen molar-refractivity contribution >= 4 is 32.7 Å². The van der Waals surface area contributed by atoms with Crippen LogP contribution >= 0.6 is 0 Å². The Morgan fingerprint density at radius 3 is 2.60 bits per heavy atom. The molecule has 4 rings (SSSR count). The molecule has 0 saturated carbocycles. The number of fused-ring (bicyclic) bond motifs is 1. The van der Waals surface area contributed by atoms with Crippen LogP contribution in [0.1, 0.15) is 25.3 Å². The third kappa shape index (κ3) is 3.70. The van der Waals surface area contributed by atoms with Crippen molar-refractivity contribution < 1.29 is 17.8 Å². The van der Waals surface area contributed by atoms with Gasteiger partial charge in [0.05, 0.1) is 0 Å². The number of sulfonamides is 1. The zero-order valence-electron chi connectivity index (χ0n) is 17.0. The predicted octanol–water partition coefficient (Wildman–Crippen LogP) is 2.99. The molecule has 0 aliphatic carbocycles. The van der Waals surface area contributed by atoms with Crippen LogP contribution in [0.2, 0.25) is 0 Å². The molecule has 0 atom stereocenters. The first-order chi connectivity index (χ1) is 14.4. The van der Waals surface area contributed by atoms with Crippen LogP contribution in [0.15, 0.2) is 52.0 Å². The van der Waals surface area contributed by atoms with Gasteiger partial charge in [0.15, 0.2) is 5.52 Å². The molecule has 0 N–H and O–H groups in total. The fourth-order valence-corrected chi connectivity index (χ4v) is 5.56. The smallest absolute Gasteiger partial charge is 0.245 e. The normalized spacial score (nSPS) is 16.1. The third-order valence-electron chi connectivity index (χ3n) is 5.57. The Morgan fingerprint density at radius 2 is 1.90 bits per heavy atom. The molecule has 9 heteroatoms. The lowest BCUT2D eigenvalue weighted by Gasteiger charge is -2.33. The number of benzene rings is 2. The number of anilines is 1. The van der Waals surface area contributed by atoms with Crippen molar-refractivity contribution in [3.05, 3.63) is 48.0 Å². The Kier molecular flexibility index (Phi) is 5.57. The molecule has 1 fully saturated rings. The number of nitrogens with zero attached hydrogens (tertiary/aromatic N) is 4. The molecule has 0 spiro atoms. The van der Waals surface area contributed by atoms with E-state index >= 15 is 0 Å². The van der Waals surface area contributed by atoms with Gasteiger partial charge in [-0.1, -0.05) is 18.2 Å². The molecule has 1 aromatic heterocycles. The minimum absolute atomic E-state index is 0.0444. The van der Waals surface area contributed by atoms with Gasteiger partial charge in [0.1, 0.15) is 10.4 Å². The fraction of sp³-hybridized carbons (Fsp3) is 0.381. The van der Waals surface area contributed by atoms with Crippen molar-refractivity contribution in [3.8, 4) is 0 Å². The minimum Gasteiger partial charge on any atom is -0.312 e. The molecular formula is C21H24N4O4S. The molecule has 2 heterocycles. The maximum Gasteiger partial charge on any atom is 0.245 e. The lowest BCUT2D eigenvalue weighted by molar-refractivity contribution is -0.123. The summed E-state index contributed by atoms with van der Waals surface area (Å²) in [5.74, 6) is -0.163. The molecule has 0 unspecified atom stereocenters. The van der Waals surface area contributed by atoms with Gasteiger partial charge in [0, 0.05) is 31.2 Å². The van der Waals surface area contributed by atoms with E-state index in [0.29, 0.717) is 24.9 Å². The summed E-state index contributed by atoms with van der Waals surface area (Å²) in [6.07, 6.45) is 0.959. The second-order valence-corrected chi connectivity index (χ2v) is 9.39. The summed E-state index contributed by atoms with van der Waals surface area (Å²) in [4.78, 5) is 15.0. The van der Waals surface area contributed by atoms with Gasteiger partial charge in [0.25, 0.3) is 0 Å². The van der Waals surface area contributed by atoms with Gasteiger partial charge in [-0.3, -0.25) is 4.79 Å². The summed E-state index contributed by atoms with van der Waals surface area (Å²) in [7, 11) is -3.75. The SMILES string of the molecule is CCN(C(=O)C1CCN(S(=O)(=O)c2cccc3nonc23)CC1)c1cccc(C)c1. The van der Waals surface area contributed by atoms with Gasteiger partial charge in [-0.05, 0) is 66.8 Å². The summed E-state index contributed by atoms with van der Waals surface area (Å²) in [6, 6.07) is 12.6. The first-order valence-corrected chi connectivity index (χ1v) is 11.5. The molecule has 0 bridgehead atoms. The lowest BCUT2D eigenvalue weighted by atomic mass is 9.96. The number of hydrogen-bond acceptors (Lipinski definition) is 6. The third-order valence-corrected chi connectivity index (χ3v) is 7.50. The Hall–Kier alpha value is -2.78. The molecule has 1 saturated heterocycles. The van der Waals surface area contributed by atoms with Crippen molar-refractivity contribution in [2.24, 2.45) is 5.92 Å². The van der Waals surface area contributed by atoms with Crippen LogP contribution in [0.3, 0.4) is 0 Å². The number of aryl methyl sites for hydroxylation is 1. The van der Waals surface area contributed by atoms with E-state index in [2.05, 4.69) is 10.3 Å². The van der Waals surface area contributed by atoms with Crippen LogP contribution < -0.4 is 4.90 Å². The molecule has 2 aromatic carbocycles. The van der Waals surface area contributed by atoms with E-state index in [9.17, 15) is 13.2 Å². The van der Waals surface area contributed by atoms with Crippen molar-refractivity contribution in [2.75, 3.05) is 24.5 Å². The zero-order valence-corrected chi connectivity index (χ0v) is 17.8. The summed E-state index contributed by atoms with van der Waals surface area (Å²) >= 11 is 0. The first kappa shape index (κ1) is 20.5. The Balaban J connectivity index is 1.49. The monoisotopic (exact) mass is 428 g/mol. The number of carbonyl (C=O) groups is 1. The van der Waals surface area contributed by atoms with Gasteiger partial charge in [0.2, 0.25) is 15.9 Å². The van der Waals surface area contributed by atoms with Crippen molar-refractivity contribution in [1.29, 1.82) is 0 Å². The molecule has 1 aliphatic rings.